The van der Waals surface area contributed by atoms with Crippen LogP contribution in [0.1, 0.15) is 20.8 Å². The molecule has 0 nitrogen and oxygen atoms in total. The Labute approximate surface area is 66.0 Å². The second-order valence-electron chi connectivity index (χ2n) is 5.45. The fraction of sp³-hybridized carbons (Fsp3) is 1.00. The Kier molecular flexibility index (Phi) is 1.56. The van der Waals surface area contributed by atoms with Crippen molar-refractivity contribution in [3.8, 4) is 0 Å². The molecule has 1 heteroatoms. The van der Waals surface area contributed by atoms with E-state index >= 15 is 0 Å². The monoisotopic (exact) mass is 156 g/mol. The molecule has 0 N–H and O–H groups in total. The largest absolute Gasteiger partial charge is 0.0693 e. The third kappa shape index (κ3) is 1.05. The van der Waals surface area contributed by atoms with Gasteiger partial charge in [0.25, 0.3) is 0 Å². The average Bonchev–Trinajstić information content (AvgIpc) is 2.03. The SMILES string of the molecule is C[C@@H]1[C@H]([Si](C)(C)C)C1(C)C. The van der Waals surface area contributed by atoms with Gasteiger partial charge in [0.1, 0.15) is 0 Å². The molecule has 0 saturated heterocycles. The predicted molar refractivity (Wildman–Crippen MR) is 50.0 cm³/mol. The fourth-order valence-corrected chi connectivity index (χ4v) is 7.09. The van der Waals surface area contributed by atoms with Gasteiger partial charge >= 0.3 is 0 Å². The van der Waals surface area contributed by atoms with Crippen LogP contribution in [0.5, 0.6) is 0 Å². The predicted octanol–water partition coefficient (Wildman–Crippen LogP) is 3.37. The Bertz CT molecular complexity index is 131. The topological polar surface area (TPSA) is 0 Å². The molecule has 1 saturated carbocycles. The molecule has 0 aromatic rings. The maximum absolute atomic E-state index is 2.49. The van der Waals surface area contributed by atoms with E-state index in [-0.39, 0.29) is 0 Å². The highest BCUT2D eigenvalue weighted by Crippen LogP contribution is 2.67. The maximum Gasteiger partial charge on any atom is 0.0482 e. The lowest BCUT2D eigenvalue weighted by Gasteiger charge is -2.17. The molecule has 1 aliphatic rings. The molecule has 0 aromatic carbocycles. The van der Waals surface area contributed by atoms with E-state index in [1.807, 2.05) is 0 Å². The summed E-state index contributed by atoms with van der Waals surface area (Å²) in [4.78, 5) is 0. The van der Waals surface area contributed by atoms with E-state index < -0.39 is 8.07 Å². The second-order valence-corrected chi connectivity index (χ2v) is 10.8. The highest BCUT2D eigenvalue weighted by molar-refractivity contribution is 6.78. The van der Waals surface area contributed by atoms with Crippen molar-refractivity contribution in [3.63, 3.8) is 0 Å². The van der Waals surface area contributed by atoms with E-state index in [1.54, 1.807) is 0 Å². The first-order chi connectivity index (χ1) is 4.28. The molecule has 0 bridgehead atoms. The molecule has 0 heterocycles. The Morgan fingerprint density at radius 1 is 1.10 bits per heavy atom. The summed E-state index contributed by atoms with van der Waals surface area (Å²) < 4.78 is 0. The summed E-state index contributed by atoms with van der Waals surface area (Å²) in [5, 5.41) is 0. The van der Waals surface area contributed by atoms with E-state index in [1.165, 1.54) is 0 Å². The molecular formula is C9H20Si. The molecular weight excluding hydrogens is 136 g/mol. The van der Waals surface area contributed by atoms with Crippen LogP contribution in [0, 0.1) is 11.3 Å². The molecule has 1 aliphatic carbocycles. The van der Waals surface area contributed by atoms with Crippen LogP contribution in [0.15, 0.2) is 0 Å². The molecule has 0 amide bonds. The molecule has 1 fully saturated rings. The summed E-state index contributed by atoms with van der Waals surface area (Å²) in [6.45, 7) is 14.7. The number of hydrogen-bond donors (Lipinski definition) is 0. The maximum atomic E-state index is 2.49. The summed E-state index contributed by atoms with van der Waals surface area (Å²) >= 11 is 0. The molecule has 60 valence electrons. The van der Waals surface area contributed by atoms with E-state index in [2.05, 4.69) is 40.4 Å². The Balaban J connectivity index is 2.66. The zero-order chi connectivity index (χ0) is 8.15. The average molecular weight is 156 g/mol. The van der Waals surface area contributed by atoms with Crippen molar-refractivity contribution < 1.29 is 0 Å². The van der Waals surface area contributed by atoms with Gasteiger partial charge in [0.05, 0.1) is 0 Å². The van der Waals surface area contributed by atoms with E-state index in [0.717, 1.165) is 11.5 Å². The fourth-order valence-electron chi connectivity index (χ4n) is 2.76. The highest BCUT2D eigenvalue weighted by atomic mass is 28.3. The van der Waals surface area contributed by atoms with Crippen LogP contribution in [0.4, 0.5) is 0 Å². The van der Waals surface area contributed by atoms with Crippen LogP contribution in [0.25, 0.3) is 0 Å². The second kappa shape index (κ2) is 1.88. The molecule has 1 rings (SSSR count). The number of hydrogen-bond acceptors (Lipinski definition) is 0. The van der Waals surface area contributed by atoms with Gasteiger partial charge in [-0.3, -0.25) is 0 Å². The van der Waals surface area contributed by atoms with Crippen molar-refractivity contribution in [2.75, 3.05) is 0 Å². The highest BCUT2D eigenvalue weighted by Gasteiger charge is 2.59. The first-order valence-electron chi connectivity index (χ1n) is 4.28. The smallest absolute Gasteiger partial charge is 0.0482 e. The van der Waals surface area contributed by atoms with Gasteiger partial charge < -0.3 is 0 Å². The van der Waals surface area contributed by atoms with Gasteiger partial charge in [0, 0.05) is 8.07 Å². The van der Waals surface area contributed by atoms with Crippen LogP contribution in [-0.2, 0) is 0 Å². The van der Waals surface area contributed by atoms with Crippen LogP contribution >= 0.6 is 0 Å². The summed E-state index contributed by atoms with van der Waals surface area (Å²) in [6, 6.07) is 0. The third-order valence-corrected chi connectivity index (χ3v) is 6.41. The van der Waals surface area contributed by atoms with E-state index in [0.29, 0.717) is 5.41 Å². The van der Waals surface area contributed by atoms with Gasteiger partial charge in [-0.25, -0.2) is 0 Å². The zero-order valence-electron chi connectivity index (χ0n) is 8.15. The molecule has 0 spiro atoms. The summed E-state index contributed by atoms with van der Waals surface area (Å²) in [6.07, 6.45) is 0. The van der Waals surface area contributed by atoms with Crippen LogP contribution in [0.3, 0.4) is 0 Å². The van der Waals surface area contributed by atoms with E-state index in [4.69, 9.17) is 0 Å². The van der Waals surface area contributed by atoms with Gasteiger partial charge in [-0.05, 0) is 16.9 Å². The van der Waals surface area contributed by atoms with Crippen molar-refractivity contribution in [1.29, 1.82) is 0 Å². The number of rotatable bonds is 1. The molecule has 0 unspecified atom stereocenters. The zero-order valence-corrected chi connectivity index (χ0v) is 9.15. The molecule has 2 atom stereocenters. The van der Waals surface area contributed by atoms with Crippen molar-refractivity contribution >= 4 is 8.07 Å². The van der Waals surface area contributed by atoms with Crippen LogP contribution < -0.4 is 0 Å². The summed E-state index contributed by atoms with van der Waals surface area (Å²) in [7, 11) is -0.822. The molecule has 0 aromatic heterocycles. The lowest BCUT2D eigenvalue weighted by Crippen LogP contribution is -2.22. The standard InChI is InChI=1S/C9H20Si/c1-7-8(9(7,2)3)10(4,5)6/h7-8H,1-6H3/t7-,8+/m1/s1. The molecule has 0 aliphatic heterocycles. The van der Waals surface area contributed by atoms with Crippen LogP contribution in [-0.4, -0.2) is 8.07 Å². The van der Waals surface area contributed by atoms with Crippen LogP contribution in [0.2, 0.25) is 25.2 Å². The van der Waals surface area contributed by atoms with E-state index in [9.17, 15) is 0 Å². The minimum atomic E-state index is -0.822. The Morgan fingerprint density at radius 3 is 1.40 bits per heavy atom. The van der Waals surface area contributed by atoms with Gasteiger partial charge in [-0.1, -0.05) is 40.4 Å². The van der Waals surface area contributed by atoms with Crippen molar-refractivity contribution in [3.05, 3.63) is 0 Å². The first kappa shape index (κ1) is 8.31. The minimum Gasteiger partial charge on any atom is -0.0693 e. The minimum absolute atomic E-state index is 0.671. The first-order valence-corrected chi connectivity index (χ1v) is 7.85. The Morgan fingerprint density at radius 2 is 1.40 bits per heavy atom. The molecule has 0 radical (unpaired) electrons. The third-order valence-electron chi connectivity index (χ3n) is 3.30. The van der Waals surface area contributed by atoms with Gasteiger partial charge in [-0.2, -0.15) is 0 Å². The lowest BCUT2D eigenvalue weighted by molar-refractivity contribution is 0.584. The lowest BCUT2D eigenvalue weighted by atomic mass is 10.1. The normalized spacial score (nSPS) is 37.8. The van der Waals surface area contributed by atoms with Gasteiger partial charge in [0.2, 0.25) is 0 Å². The van der Waals surface area contributed by atoms with Gasteiger partial charge in [0.15, 0.2) is 0 Å². The van der Waals surface area contributed by atoms with Crippen molar-refractivity contribution in [2.24, 2.45) is 11.3 Å². The van der Waals surface area contributed by atoms with Gasteiger partial charge in [-0.15, -0.1) is 0 Å². The molecule has 10 heavy (non-hydrogen) atoms. The summed E-state index contributed by atoms with van der Waals surface area (Å²) in [5.41, 5.74) is 1.74. The summed E-state index contributed by atoms with van der Waals surface area (Å²) in [5.74, 6) is 0.985. The van der Waals surface area contributed by atoms with Crippen molar-refractivity contribution in [2.45, 2.75) is 46.0 Å². The van der Waals surface area contributed by atoms with Crippen molar-refractivity contribution in [1.82, 2.24) is 0 Å². The quantitative estimate of drug-likeness (QED) is 0.511. The Hall–Kier alpha value is 0.217.